The van der Waals surface area contributed by atoms with Gasteiger partial charge in [-0.3, -0.25) is 0 Å². The van der Waals surface area contributed by atoms with Crippen LogP contribution in [-0.2, 0) is 0 Å². The summed E-state index contributed by atoms with van der Waals surface area (Å²) >= 11 is 0. The summed E-state index contributed by atoms with van der Waals surface area (Å²) in [5.41, 5.74) is 6.85. The van der Waals surface area contributed by atoms with E-state index in [0.717, 1.165) is 54.0 Å². The van der Waals surface area contributed by atoms with Gasteiger partial charge in [-0.25, -0.2) is 0 Å². The molecular formula is C36H69N3. The monoisotopic (exact) mass is 544 g/mol. The molecule has 3 heteroatoms. The van der Waals surface area contributed by atoms with E-state index in [1.165, 1.54) is 116 Å². The molecule has 0 saturated heterocycles. The van der Waals surface area contributed by atoms with Crippen molar-refractivity contribution in [3.05, 3.63) is 0 Å². The Labute approximate surface area is 244 Å². The Kier molecular flexibility index (Phi) is 12.1. The SMILES string of the molecule is CC(C)CCC[C@@H](C)[C@H]1CCC2C3CC[C@@H]4C[C@H](NCCCNCCCCCCN)CC[C@]4(C)C3CC[C@@]21C. The van der Waals surface area contributed by atoms with Gasteiger partial charge in [0.1, 0.15) is 0 Å². The molecule has 4 rings (SSSR count). The average molecular weight is 544 g/mol. The van der Waals surface area contributed by atoms with Crippen LogP contribution in [0.2, 0.25) is 0 Å². The Morgan fingerprint density at radius 2 is 1.46 bits per heavy atom. The molecule has 9 atom stereocenters. The maximum atomic E-state index is 5.59. The number of unbranched alkanes of at least 4 members (excludes halogenated alkanes) is 3. The van der Waals surface area contributed by atoms with Crippen molar-refractivity contribution in [1.82, 2.24) is 10.6 Å². The second-order valence-corrected chi connectivity index (χ2v) is 15.9. The summed E-state index contributed by atoms with van der Waals surface area (Å²) in [7, 11) is 0. The average Bonchev–Trinajstić information content (AvgIpc) is 3.27. The Morgan fingerprint density at radius 1 is 0.718 bits per heavy atom. The Morgan fingerprint density at radius 3 is 2.26 bits per heavy atom. The summed E-state index contributed by atoms with van der Waals surface area (Å²) in [5, 5.41) is 7.65. The molecular weight excluding hydrogens is 474 g/mol. The fourth-order valence-electron chi connectivity index (χ4n) is 10.9. The van der Waals surface area contributed by atoms with Gasteiger partial charge in [-0.1, -0.05) is 66.7 Å². The molecule has 39 heavy (non-hydrogen) atoms. The van der Waals surface area contributed by atoms with E-state index in [1.807, 2.05) is 0 Å². The van der Waals surface area contributed by atoms with Crippen LogP contribution in [-0.4, -0.2) is 32.2 Å². The molecule has 0 aromatic carbocycles. The number of hydrogen-bond acceptors (Lipinski definition) is 3. The molecule has 0 aromatic rings. The van der Waals surface area contributed by atoms with E-state index in [4.69, 9.17) is 5.73 Å². The molecule has 0 heterocycles. The van der Waals surface area contributed by atoms with Gasteiger partial charge in [-0.15, -0.1) is 0 Å². The lowest BCUT2D eigenvalue weighted by Crippen LogP contribution is -2.55. The molecule has 3 unspecified atom stereocenters. The molecule has 0 radical (unpaired) electrons. The molecule has 228 valence electrons. The van der Waals surface area contributed by atoms with Crippen LogP contribution in [0.5, 0.6) is 0 Å². The first-order valence-electron chi connectivity index (χ1n) is 17.9. The van der Waals surface area contributed by atoms with Gasteiger partial charge in [0.25, 0.3) is 0 Å². The van der Waals surface area contributed by atoms with Crippen molar-refractivity contribution in [2.45, 2.75) is 150 Å². The zero-order chi connectivity index (χ0) is 27.9. The molecule has 0 amide bonds. The fourth-order valence-corrected chi connectivity index (χ4v) is 10.9. The van der Waals surface area contributed by atoms with Crippen molar-refractivity contribution in [2.75, 3.05) is 26.2 Å². The standard InChI is InChI=1S/C36H69N3/c1-27(2)12-10-13-28(3)32-16-17-33-31-15-14-29-26-30(39-25-11-24-38-23-9-7-6-8-22-37)18-20-35(29,4)34(31)19-21-36(32,33)5/h27-34,38-39H,6-26,37H2,1-5H3/t28-,29-,30-,31?,32-,33?,34?,35+,36-/m1/s1. The Bertz CT molecular complexity index is 707. The Hall–Kier alpha value is -0.120. The zero-order valence-corrected chi connectivity index (χ0v) is 27.0. The van der Waals surface area contributed by atoms with Crippen LogP contribution in [0.15, 0.2) is 0 Å². The molecule has 0 aliphatic heterocycles. The maximum Gasteiger partial charge on any atom is 0.00701 e. The predicted octanol–water partition coefficient (Wildman–Crippen LogP) is 8.56. The number of hydrogen-bond donors (Lipinski definition) is 3. The summed E-state index contributed by atoms with van der Waals surface area (Å²) in [6.07, 6.45) is 24.3. The molecule has 0 spiro atoms. The predicted molar refractivity (Wildman–Crippen MR) is 170 cm³/mol. The van der Waals surface area contributed by atoms with Crippen LogP contribution in [0, 0.1) is 52.3 Å². The van der Waals surface area contributed by atoms with Gasteiger partial charge in [0, 0.05) is 6.04 Å². The lowest BCUT2D eigenvalue weighted by Gasteiger charge is -2.61. The smallest absolute Gasteiger partial charge is 0.00701 e. The number of nitrogens with two attached hydrogens (primary N) is 1. The van der Waals surface area contributed by atoms with E-state index in [2.05, 4.69) is 45.3 Å². The van der Waals surface area contributed by atoms with E-state index in [-0.39, 0.29) is 0 Å². The highest BCUT2D eigenvalue weighted by atomic mass is 14.9. The molecule has 4 aliphatic carbocycles. The minimum atomic E-state index is 0.620. The first-order valence-corrected chi connectivity index (χ1v) is 17.9. The summed E-state index contributed by atoms with van der Waals surface area (Å²) in [5.74, 6) is 6.82. The molecule has 4 N–H and O–H groups in total. The van der Waals surface area contributed by atoms with Gasteiger partial charge >= 0.3 is 0 Å². The van der Waals surface area contributed by atoms with E-state index in [0.29, 0.717) is 10.8 Å². The second-order valence-electron chi connectivity index (χ2n) is 15.9. The summed E-state index contributed by atoms with van der Waals surface area (Å²) in [6.45, 7) is 17.3. The topological polar surface area (TPSA) is 50.1 Å². The van der Waals surface area contributed by atoms with Crippen LogP contribution in [0.4, 0.5) is 0 Å². The maximum absolute atomic E-state index is 5.59. The number of rotatable bonds is 16. The normalized spacial score (nSPS) is 38.8. The highest BCUT2D eigenvalue weighted by Gasteiger charge is 2.60. The van der Waals surface area contributed by atoms with Crippen molar-refractivity contribution in [2.24, 2.45) is 58.0 Å². The van der Waals surface area contributed by atoms with Crippen molar-refractivity contribution in [3.8, 4) is 0 Å². The van der Waals surface area contributed by atoms with E-state index in [9.17, 15) is 0 Å². The summed E-state index contributed by atoms with van der Waals surface area (Å²) < 4.78 is 0. The summed E-state index contributed by atoms with van der Waals surface area (Å²) in [6, 6.07) is 0.771. The zero-order valence-electron chi connectivity index (χ0n) is 27.0. The van der Waals surface area contributed by atoms with Gasteiger partial charge < -0.3 is 16.4 Å². The van der Waals surface area contributed by atoms with Crippen LogP contribution in [0.25, 0.3) is 0 Å². The van der Waals surface area contributed by atoms with Crippen molar-refractivity contribution < 1.29 is 0 Å². The quantitative estimate of drug-likeness (QED) is 0.171. The third-order valence-corrected chi connectivity index (χ3v) is 13.1. The van der Waals surface area contributed by atoms with Crippen LogP contribution >= 0.6 is 0 Å². The Balaban J connectivity index is 1.20. The van der Waals surface area contributed by atoms with Crippen LogP contribution in [0.3, 0.4) is 0 Å². The van der Waals surface area contributed by atoms with E-state index in [1.54, 1.807) is 12.8 Å². The first-order chi connectivity index (χ1) is 18.8. The largest absolute Gasteiger partial charge is 0.330 e. The lowest BCUT2D eigenvalue weighted by molar-refractivity contribution is -0.118. The van der Waals surface area contributed by atoms with Crippen LogP contribution in [0.1, 0.15) is 144 Å². The highest BCUT2D eigenvalue weighted by molar-refractivity contribution is 5.10. The van der Waals surface area contributed by atoms with E-state index >= 15 is 0 Å². The van der Waals surface area contributed by atoms with E-state index < -0.39 is 0 Å². The second kappa shape index (κ2) is 14.9. The molecule has 4 fully saturated rings. The fraction of sp³-hybridized carbons (Fsp3) is 1.00. The van der Waals surface area contributed by atoms with Gasteiger partial charge in [-0.05, 0) is 155 Å². The van der Waals surface area contributed by atoms with Crippen molar-refractivity contribution in [3.63, 3.8) is 0 Å². The third kappa shape index (κ3) is 7.64. The van der Waals surface area contributed by atoms with Gasteiger partial charge in [-0.2, -0.15) is 0 Å². The van der Waals surface area contributed by atoms with Gasteiger partial charge in [0.05, 0.1) is 0 Å². The van der Waals surface area contributed by atoms with Crippen molar-refractivity contribution in [1.29, 1.82) is 0 Å². The van der Waals surface area contributed by atoms with Crippen LogP contribution < -0.4 is 16.4 Å². The molecule has 4 aliphatic rings. The number of fused-ring (bicyclic) bond motifs is 5. The molecule has 0 aromatic heterocycles. The molecule has 4 saturated carbocycles. The summed E-state index contributed by atoms with van der Waals surface area (Å²) in [4.78, 5) is 0. The number of nitrogens with one attached hydrogen (secondary N) is 2. The molecule has 0 bridgehead atoms. The minimum Gasteiger partial charge on any atom is -0.330 e. The first kappa shape index (κ1) is 31.8. The lowest BCUT2D eigenvalue weighted by atomic mass is 9.44. The van der Waals surface area contributed by atoms with Gasteiger partial charge in [0.2, 0.25) is 0 Å². The molecule has 3 nitrogen and oxygen atoms in total. The third-order valence-electron chi connectivity index (χ3n) is 13.1. The minimum absolute atomic E-state index is 0.620. The van der Waals surface area contributed by atoms with Gasteiger partial charge in [0.15, 0.2) is 0 Å². The van der Waals surface area contributed by atoms with Crippen molar-refractivity contribution >= 4 is 0 Å². The highest BCUT2D eigenvalue weighted by Crippen LogP contribution is 2.68.